The Morgan fingerprint density at radius 1 is 0.850 bits per heavy atom. The Hall–Kier alpha value is -2.00. The van der Waals surface area contributed by atoms with Crippen LogP contribution in [0.3, 0.4) is 0 Å². The van der Waals surface area contributed by atoms with Crippen LogP contribution in [-0.4, -0.2) is 9.67 Å². The molecule has 0 aliphatic rings. The van der Waals surface area contributed by atoms with Crippen LogP contribution in [0.4, 0.5) is 0 Å². The van der Waals surface area contributed by atoms with Gasteiger partial charge in [0, 0.05) is 15.9 Å². The number of hydrogen-bond acceptors (Lipinski definition) is 1. The summed E-state index contributed by atoms with van der Waals surface area (Å²) < 4.78 is 3.25. The second-order valence-electron chi connectivity index (χ2n) is 4.72. The molecule has 0 aliphatic heterocycles. The molecule has 3 heteroatoms. The van der Waals surface area contributed by atoms with E-state index in [0.717, 1.165) is 27.1 Å². The van der Waals surface area contributed by atoms with E-state index in [1.165, 1.54) is 0 Å². The molecule has 1 heterocycles. The highest BCUT2D eigenvalue weighted by molar-refractivity contribution is 9.10. The Bertz CT molecular complexity index is 727. The van der Waals surface area contributed by atoms with Crippen molar-refractivity contribution in [3.63, 3.8) is 0 Å². The molecule has 100 valence electrons. The van der Waals surface area contributed by atoms with Gasteiger partial charge in [-0.05, 0) is 61.0 Å². The van der Waals surface area contributed by atoms with E-state index >= 15 is 0 Å². The maximum absolute atomic E-state index is 9.43. The molecule has 0 saturated heterocycles. The number of aromatic hydroxyl groups is 1. The predicted octanol–water partition coefficient (Wildman–Crippen LogP) is 4.92. The maximum Gasteiger partial charge on any atom is 0.115 e. The third-order valence-corrected chi connectivity index (χ3v) is 3.85. The van der Waals surface area contributed by atoms with Gasteiger partial charge in [-0.25, -0.2) is 0 Å². The lowest BCUT2D eigenvalue weighted by molar-refractivity contribution is 0.475. The number of benzene rings is 2. The largest absolute Gasteiger partial charge is 0.508 e. The molecule has 1 N–H and O–H groups in total. The number of nitrogens with zero attached hydrogens (tertiary/aromatic N) is 1. The highest BCUT2D eigenvalue weighted by atomic mass is 79.9. The van der Waals surface area contributed by atoms with Gasteiger partial charge in [0.2, 0.25) is 0 Å². The first-order chi connectivity index (χ1) is 9.65. The molecule has 0 saturated carbocycles. The number of halogens is 1. The molecule has 0 fully saturated rings. The van der Waals surface area contributed by atoms with Crippen molar-refractivity contribution >= 4 is 15.9 Å². The number of phenols is 1. The zero-order valence-corrected chi connectivity index (χ0v) is 12.6. The highest BCUT2D eigenvalue weighted by Gasteiger charge is 2.09. The molecule has 2 aromatic carbocycles. The van der Waals surface area contributed by atoms with Crippen LogP contribution in [-0.2, 0) is 0 Å². The molecule has 0 amide bonds. The molecule has 1 aromatic heterocycles. The Labute approximate surface area is 126 Å². The SMILES string of the molecule is Cc1ccc(-c2ccc(Br)cc2)n1-c1ccc(O)cc1. The molecule has 0 unspecified atom stereocenters. The van der Waals surface area contributed by atoms with Crippen LogP contribution in [0.15, 0.2) is 65.1 Å². The molecule has 0 bridgehead atoms. The summed E-state index contributed by atoms with van der Waals surface area (Å²) in [5, 5.41) is 9.43. The third-order valence-electron chi connectivity index (χ3n) is 3.32. The Kier molecular flexibility index (Phi) is 3.36. The monoisotopic (exact) mass is 327 g/mol. The standard InChI is InChI=1S/C17H14BrNO/c1-12-2-11-17(13-3-5-14(18)6-4-13)19(12)15-7-9-16(20)10-8-15/h2-11,20H,1H3. The van der Waals surface area contributed by atoms with Crippen molar-refractivity contribution in [2.45, 2.75) is 6.92 Å². The fourth-order valence-corrected chi connectivity index (χ4v) is 2.59. The number of rotatable bonds is 2. The van der Waals surface area contributed by atoms with Crippen molar-refractivity contribution in [3.8, 4) is 22.7 Å². The molecule has 3 rings (SSSR count). The van der Waals surface area contributed by atoms with Gasteiger partial charge < -0.3 is 9.67 Å². The van der Waals surface area contributed by atoms with E-state index < -0.39 is 0 Å². The van der Waals surface area contributed by atoms with E-state index in [-0.39, 0.29) is 5.75 Å². The van der Waals surface area contributed by atoms with Crippen LogP contribution in [0.1, 0.15) is 5.69 Å². The number of hydrogen-bond donors (Lipinski definition) is 1. The summed E-state index contributed by atoms with van der Waals surface area (Å²) in [5.41, 5.74) is 4.51. The molecule has 3 aromatic rings. The van der Waals surface area contributed by atoms with Gasteiger partial charge in [-0.1, -0.05) is 28.1 Å². The second kappa shape index (κ2) is 5.17. The Balaban J connectivity index is 2.14. The van der Waals surface area contributed by atoms with Gasteiger partial charge in [-0.2, -0.15) is 0 Å². The lowest BCUT2D eigenvalue weighted by Gasteiger charge is -2.12. The molecular weight excluding hydrogens is 314 g/mol. The van der Waals surface area contributed by atoms with Crippen LogP contribution >= 0.6 is 15.9 Å². The molecule has 20 heavy (non-hydrogen) atoms. The van der Waals surface area contributed by atoms with Crippen LogP contribution in [0.5, 0.6) is 5.75 Å². The van der Waals surface area contributed by atoms with E-state index in [1.54, 1.807) is 12.1 Å². The second-order valence-corrected chi connectivity index (χ2v) is 5.63. The van der Waals surface area contributed by atoms with E-state index in [0.29, 0.717) is 0 Å². The van der Waals surface area contributed by atoms with Gasteiger partial charge in [0.15, 0.2) is 0 Å². The summed E-state index contributed by atoms with van der Waals surface area (Å²) in [6.07, 6.45) is 0. The lowest BCUT2D eigenvalue weighted by atomic mass is 10.1. The normalized spacial score (nSPS) is 10.7. The van der Waals surface area contributed by atoms with Crippen molar-refractivity contribution in [1.29, 1.82) is 0 Å². The lowest BCUT2D eigenvalue weighted by Crippen LogP contribution is -1.98. The van der Waals surface area contributed by atoms with Crippen molar-refractivity contribution in [1.82, 2.24) is 4.57 Å². The molecular formula is C17H14BrNO. The quantitative estimate of drug-likeness (QED) is 0.710. The van der Waals surface area contributed by atoms with E-state index in [4.69, 9.17) is 0 Å². The van der Waals surface area contributed by atoms with Gasteiger partial charge in [0.25, 0.3) is 0 Å². The summed E-state index contributed by atoms with van der Waals surface area (Å²) in [6.45, 7) is 2.08. The summed E-state index contributed by atoms with van der Waals surface area (Å²) in [4.78, 5) is 0. The summed E-state index contributed by atoms with van der Waals surface area (Å²) >= 11 is 3.46. The fraction of sp³-hybridized carbons (Fsp3) is 0.0588. The smallest absolute Gasteiger partial charge is 0.115 e. The van der Waals surface area contributed by atoms with Gasteiger partial charge in [-0.15, -0.1) is 0 Å². The fourth-order valence-electron chi connectivity index (χ4n) is 2.33. The van der Waals surface area contributed by atoms with Crippen molar-refractivity contribution in [3.05, 3.63) is 70.8 Å². The van der Waals surface area contributed by atoms with Crippen LogP contribution in [0.25, 0.3) is 16.9 Å². The first kappa shape index (κ1) is 13.0. The third kappa shape index (κ3) is 2.37. The maximum atomic E-state index is 9.43. The average molecular weight is 328 g/mol. The molecule has 0 aliphatic carbocycles. The molecule has 0 atom stereocenters. The Morgan fingerprint density at radius 3 is 2.15 bits per heavy atom. The Morgan fingerprint density at radius 2 is 1.50 bits per heavy atom. The van der Waals surface area contributed by atoms with E-state index in [9.17, 15) is 5.11 Å². The summed E-state index contributed by atoms with van der Waals surface area (Å²) in [7, 11) is 0. The van der Waals surface area contributed by atoms with Crippen molar-refractivity contribution in [2.24, 2.45) is 0 Å². The minimum absolute atomic E-state index is 0.281. The van der Waals surface area contributed by atoms with E-state index in [1.807, 2.05) is 24.3 Å². The predicted molar refractivity (Wildman–Crippen MR) is 85.3 cm³/mol. The first-order valence-electron chi connectivity index (χ1n) is 6.39. The summed E-state index contributed by atoms with van der Waals surface area (Å²) in [5.74, 6) is 0.281. The van der Waals surface area contributed by atoms with Gasteiger partial charge in [0.05, 0.1) is 5.69 Å². The van der Waals surface area contributed by atoms with Gasteiger partial charge in [0.1, 0.15) is 5.75 Å². The van der Waals surface area contributed by atoms with Gasteiger partial charge in [-0.3, -0.25) is 0 Å². The minimum Gasteiger partial charge on any atom is -0.508 e. The van der Waals surface area contributed by atoms with E-state index in [2.05, 4.69) is 51.7 Å². The zero-order chi connectivity index (χ0) is 14.1. The molecule has 0 spiro atoms. The first-order valence-corrected chi connectivity index (χ1v) is 7.18. The zero-order valence-electron chi connectivity index (χ0n) is 11.0. The minimum atomic E-state index is 0.281. The van der Waals surface area contributed by atoms with Crippen molar-refractivity contribution in [2.75, 3.05) is 0 Å². The van der Waals surface area contributed by atoms with Crippen LogP contribution in [0, 0.1) is 6.92 Å². The molecule has 0 radical (unpaired) electrons. The summed E-state index contributed by atoms with van der Waals surface area (Å²) in [6, 6.07) is 19.7. The average Bonchev–Trinajstić information content (AvgIpc) is 2.83. The van der Waals surface area contributed by atoms with Crippen LogP contribution in [0.2, 0.25) is 0 Å². The topological polar surface area (TPSA) is 25.2 Å². The van der Waals surface area contributed by atoms with Crippen LogP contribution < -0.4 is 0 Å². The highest BCUT2D eigenvalue weighted by Crippen LogP contribution is 2.28. The molecule has 2 nitrogen and oxygen atoms in total. The van der Waals surface area contributed by atoms with Crippen molar-refractivity contribution < 1.29 is 5.11 Å². The number of phenolic OH excluding ortho intramolecular Hbond substituents is 1. The van der Waals surface area contributed by atoms with Gasteiger partial charge >= 0.3 is 0 Å². The number of aromatic nitrogens is 1. The number of aryl methyl sites for hydroxylation is 1.